The molecule has 0 spiro atoms. The number of benzene rings is 1. The Balaban J connectivity index is 0.00000171. The van der Waals surface area contributed by atoms with Gasteiger partial charge in [-0.15, -0.1) is 47.9 Å². The first-order valence-electron chi connectivity index (χ1n) is 10.3. The molecule has 4 rings (SSSR count). The van der Waals surface area contributed by atoms with Gasteiger partial charge < -0.3 is 19.5 Å². The van der Waals surface area contributed by atoms with Crippen LogP contribution >= 0.6 is 47.9 Å². The molecule has 1 saturated heterocycles. The van der Waals surface area contributed by atoms with E-state index in [-0.39, 0.29) is 30.1 Å². The van der Waals surface area contributed by atoms with Crippen molar-refractivity contribution in [3.8, 4) is 11.5 Å². The summed E-state index contributed by atoms with van der Waals surface area (Å²) in [5, 5.41) is 12.9. The minimum Gasteiger partial charge on any atom is -0.497 e. The first-order chi connectivity index (χ1) is 14.2. The lowest BCUT2D eigenvalue weighted by Gasteiger charge is -2.34. The molecule has 174 valence electrons. The van der Waals surface area contributed by atoms with Gasteiger partial charge in [0.2, 0.25) is 0 Å². The quantitative estimate of drug-likeness (QED) is 0.599. The van der Waals surface area contributed by atoms with Crippen molar-refractivity contribution in [2.75, 3.05) is 46.4 Å². The van der Waals surface area contributed by atoms with E-state index < -0.39 is 6.10 Å². The number of aliphatic hydroxyl groups excluding tert-OH is 1. The average Bonchev–Trinajstić information content (AvgIpc) is 3.20. The molecule has 2 aromatic rings. The molecular formula is C22H32Cl2N2O3S2. The van der Waals surface area contributed by atoms with Gasteiger partial charge in [0.15, 0.2) is 0 Å². The number of aliphatic hydroxyl groups is 1. The molecule has 0 saturated carbocycles. The Labute approximate surface area is 205 Å². The van der Waals surface area contributed by atoms with Gasteiger partial charge >= 0.3 is 0 Å². The van der Waals surface area contributed by atoms with Crippen LogP contribution in [0.1, 0.15) is 17.7 Å². The second-order valence-electron chi connectivity index (χ2n) is 7.69. The van der Waals surface area contributed by atoms with E-state index in [1.165, 1.54) is 4.88 Å². The summed E-state index contributed by atoms with van der Waals surface area (Å²) in [6.45, 7) is 7.09. The number of hydrogen-bond acceptors (Lipinski definition) is 7. The normalized spacial score (nSPS) is 21.7. The number of fused-ring (bicyclic) bond motifs is 1. The van der Waals surface area contributed by atoms with E-state index in [2.05, 4.69) is 27.3 Å². The maximum absolute atomic E-state index is 10.5. The third kappa shape index (κ3) is 7.42. The van der Waals surface area contributed by atoms with Gasteiger partial charge in [0.1, 0.15) is 24.2 Å². The Kier molecular flexibility index (Phi) is 11.3. The molecule has 2 aliphatic heterocycles. The van der Waals surface area contributed by atoms with E-state index in [1.54, 1.807) is 18.9 Å². The fourth-order valence-corrected chi connectivity index (χ4v) is 5.93. The van der Waals surface area contributed by atoms with E-state index in [0.717, 1.165) is 68.5 Å². The van der Waals surface area contributed by atoms with E-state index in [9.17, 15) is 5.11 Å². The Morgan fingerprint density at radius 3 is 2.61 bits per heavy atom. The molecule has 9 heteroatoms. The van der Waals surface area contributed by atoms with Crippen molar-refractivity contribution >= 4 is 47.9 Å². The largest absolute Gasteiger partial charge is 0.497 e. The van der Waals surface area contributed by atoms with Crippen LogP contribution in [0.15, 0.2) is 40.6 Å². The molecule has 31 heavy (non-hydrogen) atoms. The van der Waals surface area contributed by atoms with Crippen LogP contribution < -0.4 is 9.47 Å². The number of halogens is 2. The van der Waals surface area contributed by atoms with Crippen LogP contribution in [-0.4, -0.2) is 72.7 Å². The maximum atomic E-state index is 10.5. The molecular weight excluding hydrogens is 475 g/mol. The average molecular weight is 508 g/mol. The van der Waals surface area contributed by atoms with Crippen molar-refractivity contribution in [1.82, 2.24) is 9.80 Å². The molecule has 0 radical (unpaired) electrons. The van der Waals surface area contributed by atoms with Gasteiger partial charge in [-0.05, 0) is 49.0 Å². The lowest BCUT2D eigenvalue weighted by atomic mass is 10.1. The van der Waals surface area contributed by atoms with Crippen LogP contribution in [0.3, 0.4) is 0 Å². The molecule has 1 fully saturated rings. The number of ether oxygens (including phenoxy) is 2. The van der Waals surface area contributed by atoms with E-state index >= 15 is 0 Å². The minimum absolute atomic E-state index is 0. The zero-order chi connectivity index (χ0) is 20.1. The van der Waals surface area contributed by atoms with E-state index in [0.29, 0.717) is 6.61 Å². The van der Waals surface area contributed by atoms with Crippen molar-refractivity contribution in [3.63, 3.8) is 0 Å². The summed E-state index contributed by atoms with van der Waals surface area (Å²) in [6, 6.07) is 10.2. The van der Waals surface area contributed by atoms with Crippen molar-refractivity contribution in [3.05, 3.63) is 40.6 Å². The third-order valence-corrected chi connectivity index (χ3v) is 7.94. The Morgan fingerprint density at radius 2 is 1.90 bits per heavy atom. The zero-order valence-electron chi connectivity index (χ0n) is 17.8. The summed E-state index contributed by atoms with van der Waals surface area (Å²) in [4.78, 5) is 7.63. The number of piperazine rings is 1. The second kappa shape index (κ2) is 13.1. The van der Waals surface area contributed by atoms with Gasteiger partial charge in [0, 0.05) is 42.9 Å². The molecule has 0 bridgehead atoms. The van der Waals surface area contributed by atoms with Crippen LogP contribution in [0.4, 0.5) is 0 Å². The number of methoxy groups -OCH3 is 1. The SMILES string of the molecule is COc1ccc2c(c1)S[C@H](CCCN1CCN(Cc3cccs3)CC1)[C@@H](O)CO2.Cl.Cl. The molecule has 0 unspecified atom stereocenters. The van der Waals surface area contributed by atoms with Crippen molar-refractivity contribution in [2.45, 2.75) is 35.6 Å². The van der Waals surface area contributed by atoms with Gasteiger partial charge in [0.05, 0.1) is 12.0 Å². The fourth-order valence-electron chi connectivity index (χ4n) is 3.91. The molecule has 2 aliphatic rings. The van der Waals surface area contributed by atoms with Crippen molar-refractivity contribution in [1.29, 1.82) is 0 Å². The molecule has 1 aromatic heterocycles. The van der Waals surface area contributed by atoms with Crippen LogP contribution in [0.5, 0.6) is 11.5 Å². The highest BCUT2D eigenvalue weighted by Crippen LogP contribution is 2.40. The molecule has 0 aliphatic carbocycles. The minimum atomic E-state index is -0.443. The smallest absolute Gasteiger partial charge is 0.133 e. The van der Waals surface area contributed by atoms with E-state index in [4.69, 9.17) is 9.47 Å². The lowest BCUT2D eigenvalue weighted by molar-refractivity contribution is 0.0998. The topological polar surface area (TPSA) is 45.2 Å². The van der Waals surface area contributed by atoms with Crippen molar-refractivity contribution in [2.24, 2.45) is 0 Å². The predicted octanol–water partition coefficient (Wildman–Crippen LogP) is 4.41. The van der Waals surface area contributed by atoms with Gasteiger partial charge in [-0.2, -0.15) is 0 Å². The molecule has 3 heterocycles. The maximum Gasteiger partial charge on any atom is 0.133 e. The summed E-state index contributed by atoms with van der Waals surface area (Å²) in [5.74, 6) is 1.68. The third-order valence-electron chi connectivity index (χ3n) is 5.66. The lowest BCUT2D eigenvalue weighted by Crippen LogP contribution is -2.46. The van der Waals surface area contributed by atoms with E-state index in [1.807, 2.05) is 29.5 Å². The van der Waals surface area contributed by atoms with Gasteiger partial charge in [0.25, 0.3) is 0 Å². The first-order valence-corrected chi connectivity index (χ1v) is 12.1. The standard InChI is InChI=1S/C22H30N2O3S2.2ClH/c1-26-17-6-7-20-22(14-17)29-21(19(25)16-27-20)5-2-8-23-9-11-24(12-10-23)15-18-4-3-13-28-18;;/h3-4,6-7,13-14,19,21,25H,2,5,8-12,15-16H2,1H3;2*1H/t19-,21+;;/m0../s1. The summed E-state index contributed by atoms with van der Waals surface area (Å²) >= 11 is 3.57. The number of hydrogen-bond donors (Lipinski definition) is 1. The van der Waals surface area contributed by atoms with Crippen LogP contribution in [0.25, 0.3) is 0 Å². The van der Waals surface area contributed by atoms with Gasteiger partial charge in [-0.25, -0.2) is 0 Å². The van der Waals surface area contributed by atoms with Gasteiger partial charge in [-0.1, -0.05) is 6.07 Å². The summed E-state index contributed by atoms with van der Waals surface area (Å²) < 4.78 is 11.1. The number of thiophene rings is 1. The Morgan fingerprint density at radius 1 is 1.13 bits per heavy atom. The highest BCUT2D eigenvalue weighted by molar-refractivity contribution is 8.00. The monoisotopic (exact) mass is 506 g/mol. The fraction of sp³-hybridized carbons (Fsp3) is 0.545. The summed E-state index contributed by atoms with van der Waals surface area (Å²) in [5.41, 5.74) is 0. The number of rotatable bonds is 7. The van der Waals surface area contributed by atoms with Crippen LogP contribution in [0.2, 0.25) is 0 Å². The van der Waals surface area contributed by atoms with Crippen LogP contribution in [-0.2, 0) is 6.54 Å². The highest BCUT2D eigenvalue weighted by atomic mass is 35.5. The van der Waals surface area contributed by atoms with Crippen molar-refractivity contribution < 1.29 is 14.6 Å². The number of thioether (sulfide) groups is 1. The molecule has 1 N–H and O–H groups in total. The van der Waals surface area contributed by atoms with Gasteiger partial charge in [-0.3, -0.25) is 4.90 Å². The zero-order valence-corrected chi connectivity index (χ0v) is 21.0. The molecule has 2 atom stereocenters. The highest BCUT2D eigenvalue weighted by Gasteiger charge is 2.27. The summed E-state index contributed by atoms with van der Waals surface area (Å²) in [6.07, 6.45) is 1.64. The summed E-state index contributed by atoms with van der Waals surface area (Å²) in [7, 11) is 1.68. The predicted molar refractivity (Wildman–Crippen MR) is 134 cm³/mol. The molecule has 1 aromatic carbocycles. The second-order valence-corrected chi connectivity index (χ2v) is 10.00. The first kappa shape index (κ1) is 26.6. The molecule has 0 amide bonds. The Hall–Kier alpha value is -0.670. The number of nitrogens with zero attached hydrogens (tertiary/aromatic N) is 2. The molecule has 5 nitrogen and oxygen atoms in total. The Bertz CT molecular complexity index is 774. The van der Waals surface area contributed by atoms with Crippen LogP contribution in [0, 0.1) is 0 Å².